The monoisotopic (exact) mass is 297 g/mol. The molecule has 0 amide bonds. The second-order valence-corrected chi connectivity index (χ2v) is 4.36. The normalized spacial score (nSPS) is 11.3. The molecule has 5 nitrogen and oxygen atoms in total. The Labute approximate surface area is 121 Å². The lowest BCUT2D eigenvalue weighted by atomic mass is 10.2. The van der Waals surface area contributed by atoms with E-state index < -0.39 is 17.9 Å². The topological polar surface area (TPSA) is 49.2 Å². The molecule has 7 heteroatoms. The highest BCUT2D eigenvalue weighted by Gasteiger charge is 2.19. The fourth-order valence-electron chi connectivity index (χ4n) is 1.87. The van der Waals surface area contributed by atoms with Crippen LogP contribution in [0.3, 0.4) is 0 Å². The number of aromatic nitrogens is 3. The highest BCUT2D eigenvalue weighted by molar-refractivity contribution is 5.38. The summed E-state index contributed by atoms with van der Waals surface area (Å²) in [4.78, 5) is 0. The van der Waals surface area contributed by atoms with Gasteiger partial charge in [0, 0.05) is 13.2 Å². The van der Waals surface area contributed by atoms with E-state index in [0.29, 0.717) is 24.5 Å². The van der Waals surface area contributed by atoms with Gasteiger partial charge in [-0.2, -0.15) is 0 Å². The fourth-order valence-corrected chi connectivity index (χ4v) is 1.87. The summed E-state index contributed by atoms with van der Waals surface area (Å²) in [5.41, 5.74) is 0.425. The van der Waals surface area contributed by atoms with Crippen molar-refractivity contribution in [3.8, 4) is 5.69 Å². The van der Waals surface area contributed by atoms with Crippen LogP contribution in [0.25, 0.3) is 5.69 Å². The zero-order valence-electron chi connectivity index (χ0n) is 12.1. The van der Waals surface area contributed by atoms with E-state index in [9.17, 15) is 8.78 Å². The molecule has 1 aromatic heterocycles. The zero-order chi connectivity index (χ0) is 15.4. The van der Waals surface area contributed by atoms with Crippen LogP contribution in [0.2, 0.25) is 0 Å². The maximum atomic E-state index is 14.1. The molecule has 0 saturated carbocycles. The number of ether oxygens (including phenoxy) is 2. The predicted octanol–water partition coefficient (Wildman–Crippen LogP) is 2.93. The molecular weight excluding hydrogens is 280 g/mol. The van der Waals surface area contributed by atoms with Crippen LogP contribution in [0.4, 0.5) is 8.78 Å². The number of hydrogen-bond donors (Lipinski definition) is 0. The Hall–Kier alpha value is -1.86. The number of benzene rings is 1. The molecule has 21 heavy (non-hydrogen) atoms. The lowest BCUT2D eigenvalue weighted by molar-refractivity contribution is -0.142. The van der Waals surface area contributed by atoms with Gasteiger partial charge in [0.1, 0.15) is 11.4 Å². The van der Waals surface area contributed by atoms with Gasteiger partial charge in [0.2, 0.25) is 6.29 Å². The Morgan fingerprint density at radius 3 is 2.48 bits per heavy atom. The summed E-state index contributed by atoms with van der Waals surface area (Å²) in [5, 5.41) is 7.63. The maximum absolute atomic E-state index is 14.1. The second kappa shape index (κ2) is 6.73. The molecule has 0 aliphatic rings. The second-order valence-electron chi connectivity index (χ2n) is 4.36. The molecular formula is C14H17F2N3O2. The van der Waals surface area contributed by atoms with E-state index in [-0.39, 0.29) is 5.69 Å². The van der Waals surface area contributed by atoms with Gasteiger partial charge in [-0.25, -0.2) is 13.5 Å². The van der Waals surface area contributed by atoms with Crippen LogP contribution in [0.15, 0.2) is 18.3 Å². The number of nitrogens with zero attached hydrogens (tertiary/aromatic N) is 3. The van der Waals surface area contributed by atoms with Crippen molar-refractivity contribution in [2.45, 2.75) is 27.1 Å². The quantitative estimate of drug-likeness (QED) is 0.769. The van der Waals surface area contributed by atoms with Gasteiger partial charge < -0.3 is 9.47 Å². The lowest BCUT2D eigenvalue weighted by Gasteiger charge is -2.13. The molecule has 0 N–H and O–H groups in total. The van der Waals surface area contributed by atoms with Crippen LogP contribution >= 0.6 is 0 Å². The van der Waals surface area contributed by atoms with Gasteiger partial charge in [0.05, 0.1) is 6.20 Å². The Kier molecular flexibility index (Phi) is 4.98. The van der Waals surface area contributed by atoms with Crippen molar-refractivity contribution in [3.05, 3.63) is 41.2 Å². The van der Waals surface area contributed by atoms with Crippen molar-refractivity contribution >= 4 is 0 Å². The van der Waals surface area contributed by atoms with Gasteiger partial charge in [0.25, 0.3) is 0 Å². The molecule has 114 valence electrons. The van der Waals surface area contributed by atoms with Gasteiger partial charge in [-0.05, 0) is 32.4 Å². The van der Waals surface area contributed by atoms with Crippen LogP contribution in [0.1, 0.15) is 31.4 Å². The van der Waals surface area contributed by atoms with E-state index in [2.05, 4.69) is 10.3 Å². The highest BCUT2D eigenvalue weighted by atomic mass is 19.1. The van der Waals surface area contributed by atoms with Crippen LogP contribution < -0.4 is 0 Å². The number of aryl methyl sites for hydroxylation is 1. The Morgan fingerprint density at radius 1 is 1.19 bits per heavy atom. The van der Waals surface area contributed by atoms with Crippen LogP contribution in [-0.4, -0.2) is 28.2 Å². The average Bonchev–Trinajstić information content (AvgIpc) is 2.93. The first-order chi connectivity index (χ1) is 10.1. The molecule has 2 aromatic rings. The van der Waals surface area contributed by atoms with Gasteiger partial charge >= 0.3 is 0 Å². The largest absolute Gasteiger partial charge is 0.347 e. The van der Waals surface area contributed by atoms with Crippen LogP contribution in [0.5, 0.6) is 0 Å². The van der Waals surface area contributed by atoms with Crippen LogP contribution in [0, 0.1) is 18.6 Å². The van der Waals surface area contributed by atoms with Crippen molar-refractivity contribution in [1.82, 2.24) is 15.0 Å². The Morgan fingerprint density at radius 2 is 1.86 bits per heavy atom. The summed E-state index contributed by atoms with van der Waals surface area (Å²) in [6.07, 6.45) is 0.696. The molecule has 0 spiro atoms. The number of rotatable bonds is 6. The third kappa shape index (κ3) is 3.25. The van der Waals surface area contributed by atoms with E-state index >= 15 is 0 Å². The minimum Gasteiger partial charge on any atom is -0.347 e. The smallest absolute Gasteiger partial charge is 0.204 e. The summed E-state index contributed by atoms with van der Waals surface area (Å²) in [7, 11) is 0. The number of halogens is 2. The molecule has 0 aliphatic heterocycles. The van der Waals surface area contributed by atoms with Gasteiger partial charge in [-0.15, -0.1) is 5.10 Å². The molecule has 0 bridgehead atoms. The summed E-state index contributed by atoms with van der Waals surface area (Å²) in [6, 6.07) is 2.56. The average molecular weight is 297 g/mol. The molecule has 0 atom stereocenters. The third-order valence-electron chi connectivity index (χ3n) is 2.88. The van der Waals surface area contributed by atoms with Gasteiger partial charge in [-0.1, -0.05) is 11.3 Å². The van der Waals surface area contributed by atoms with Crippen molar-refractivity contribution in [2.75, 3.05) is 13.2 Å². The van der Waals surface area contributed by atoms with E-state index in [0.717, 1.165) is 4.68 Å². The Bertz CT molecular complexity index is 610. The SMILES string of the molecule is CCOC(OCC)c1cn(-c2c(F)ccc(C)c2F)nn1. The lowest BCUT2D eigenvalue weighted by Crippen LogP contribution is -2.09. The molecule has 0 aliphatic carbocycles. The minimum absolute atomic E-state index is 0.263. The molecule has 0 unspecified atom stereocenters. The van der Waals surface area contributed by atoms with E-state index in [4.69, 9.17) is 9.47 Å². The van der Waals surface area contributed by atoms with Crippen molar-refractivity contribution in [3.63, 3.8) is 0 Å². The van der Waals surface area contributed by atoms with E-state index in [1.807, 2.05) is 13.8 Å². The highest BCUT2D eigenvalue weighted by Crippen LogP contribution is 2.22. The molecule has 1 aromatic carbocycles. The van der Waals surface area contributed by atoms with Crippen molar-refractivity contribution in [2.24, 2.45) is 0 Å². The molecule has 0 saturated heterocycles. The number of hydrogen-bond acceptors (Lipinski definition) is 4. The summed E-state index contributed by atoms with van der Waals surface area (Å²) >= 11 is 0. The first-order valence-electron chi connectivity index (χ1n) is 6.68. The minimum atomic E-state index is -0.709. The Balaban J connectivity index is 2.38. The first kappa shape index (κ1) is 15.5. The van der Waals surface area contributed by atoms with Crippen LogP contribution in [-0.2, 0) is 9.47 Å². The fraction of sp³-hybridized carbons (Fsp3) is 0.429. The standard InChI is InChI=1S/C14H17F2N3O2/c1-4-20-14(21-5-2)11-8-19(18-17-11)13-10(15)7-6-9(3)12(13)16/h6-8,14H,4-5H2,1-3H3. The predicted molar refractivity (Wildman–Crippen MR) is 72.0 cm³/mol. The summed E-state index contributed by atoms with van der Waals surface area (Å²) in [6.45, 7) is 6.03. The maximum Gasteiger partial charge on any atom is 0.204 e. The molecule has 2 rings (SSSR count). The summed E-state index contributed by atoms with van der Waals surface area (Å²) < 4.78 is 39.7. The molecule has 0 radical (unpaired) electrons. The van der Waals surface area contributed by atoms with E-state index in [1.165, 1.54) is 18.3 Å². The molecule has 1 heterocycles. The van der Waals surface area contributed by atoms with Gasteiger partial charge in [0.15, 0.2) is 11.6 Å². The third-order valence-corrected chi connectivity index (χ3v) is 2.88. The molecule has 0 fully saturated rings. The van der Waals surface area contributed by atoms with Crippen molar-refractivity contribution in [1.29, 1.82) is 0 Å². The van der Waals surface area contributed by atoms with Crippen molar-refractivity contribution < 1.29 is 18.3 Å². The zero-order valence-corrected chi connectivity index (χ0v) is 12.1. The first-order valence-corrected chi connectivity index (χ1v) is 6.68. The van der Waals surface area contributed by atoms with E-state index in [1.54, 1.807) is 6.92 Å². The summed E-state index contributed by atoms with van der Waals surface area (Å²) in [5.74, 6) is -1.38. The van der Waals surface area contributed by atoms with Gasteiger partial charge in [-0.3, -0.25) is 0 Å².